The van der Waals surface area contributed by atoms with Crippen LogP contribution < -0.4 is 4.74 Å². The van der Waals surface area contributed by atoms with Crippen molar-refractivity contribution in [3.63, 3.8) is 0 Å². The molecular weight excluding hydrogens is 742 g/mol. The zero-order valence-electron chi connectivity index (χ0n) is 20.5. The maximum absolute atomic E-state index is 13.5. The Morgan fingerprint density at radius 1 is 1.16 bits per heavy atom. The molecule has 38 heavy (non-hydrogen) atoms. The summed E-state index contributed by atoms with van der Waals surface area (Å²) in [6.07, 6.45) is -0.898. The van der Waals surface area contributed by atoms with Crippen molar-refractivity contribution in [1.82, 2.24) is 0 Å². The van der Waals surface area contributed by atoms with Crippen LogP contribution >= 0.6 is 45.2 Å². The molecule has 2 bridgehead atoms. The summed E-state index contributed by atoms with van der Waals surface area (Å²) in [4.78, 5) is 39.1. The standard InChI is InChI=1S/C26H24I2O9S/c1-10(2)13-9-17(11(3)7-18(13)38(32,33)34)35-25(30)19-14-8-15-20(19)26(31)37-23(15)22(14)36-24(29)12-5-4-6-16(27)21(12)28/h4-7,9-10,14-15,19-20,22-23H,8H2,1-3H3,(H,32,33,34). The van der Waals surface area contributed by atoms with Gasteiger partial charge < -0.3 is 14.2 Å². The molecule has 202 valence electrons. The van der Waals surface area contributed by atoms with Crippen molar-refractivity contribution in [3.05, 3.63) is 54.2 Å². The van der Waals surface area contributed by atoms with Crippen LogP contribution in [0.25, 0.3) is 0 Å². The van der Waals surface area contributed by atoms with Crippen molar-refractivity contribution in [2.24, 2.45) is 23.7 Å². The summed E-state index contributed by atoms with van der Waals surface area (Å²) in [5.74, 6) is -4.14. The van der Waals surface area contributed by atoms with E-state index in [2.05, 4.69) is 45.2 Å². The van der Waals surface area contributed by atoms with E-state index in [4.69, 9.17) is 14.2 Å². The molecule has 0 aromatic heterocycles. The molecule has 1 saturated heterocycles. The lowest BCUT2D eigenvalue weighted by Gasteiger charge is -2.30. The van der Waals surface area contributed by atoms with E-state index in [0.717, 1.165) is 7.14 Å². The minimum absolute atomic E-state index is 0.138. The highest BCUT2D eigenvalue weighted by Gasteiger charge is 2.70. The van der Waals surface area contributed by atoms with Crippen LogP contribution in [0, 0.1) is 37.7 Å². The van der Waals surface area contributed by atoms with Gasteiger partial charge in [-0.05, 0) is 99.8 Å². The maximum Gasteiger partial charge on any atom is 0.339 e. The summed E-state index contributed by atoms with van der Waals surface area (Å²) >= 11 is 4.21. The molecule has 3 fully saturated rings. The third-order valence-electron chi connectivity index (χ3n) is 7.65. The molecule has 0 amide bonds. The zero-order chi connectivity index (χ0) is 27.7. The molecule has 5 rings (SSSR count). The molecule has 12 heteroatoms. The van der Waals surface area contributed by atoms with Gasteiger partial charge in [-0.2, -0.15) is 8.42 Å². The normalized spacial score (nSPS) is 27.5. The molecule has 2 aliphatic carbocycles. The number of hydrogen-bond acceptors (Lipinski definition) is 8. The van der Waals surface area contributed by atoms with Crippen LogP contribution in [0.3, 0.4) is 0 Å². The summed E-state index contributed by atoms with van der Waals surface area (Å²) in [6, 6.07) is 8.00. The second kappa shape index (κ2) is 10.0. The lowest BCUT2D eigenvalue weighted by Crippen LogP contribution is -2.44. The van der Waals surface area contributed by atoms with Gasteiger partial charge in [0, 0.05) is 19.0 Å². The van der Waals surface area contributed by atoms with Crippen molar-refractivity contribution < 1.29 is 41.6 Å². The first kappa shape index (κ1) is 27.8. The minimum Gasteiger partial charge on any atom is -0.458 e. The van der Waals surface area contributed by atoms with Crippen LogP contribution in [0.4, 0.5) is 0 Å². The quantitative estimate of drug-likeness (QED) is 0.195. The SMILES string of the molecule is Cc1cc(S(=O)(=O)O)c(C(C)C)cc1OC(=O)C1C2CC3C(OC(=O)C31)C2OC(=O)c1cccc(I)c1I. The summed E-state index contributed by atoms with van der Waals surface area (Å²) in [5, 5.41) is 0. The molecule has 3 aliphatic rings. The molecule has 9 nitrogen and oxygen atoms in total. The second-order valence-corrected chi connectivity index (χ2v) is 13.8. The summed E-state index contributed by atoms with van der Waals surface area (Å²) < 4.78 is 52.3. The van der Waals surface area contributed by atoms with Crippen molar-refractivity contribution >= 4 is 73.2 Å². The Balaban J connectivity index is 1.42. The number of fused-ring (bicyclic) bond motifs is 1. The monoisotopic (exact) mass is 766 g/mol. The highest BCUT2D eigenvalue weighted by Crippen LogP contribution is 2.59. The first-order valence-electron chi connectivity index (χ1n) is 12.0. The molecule has 1 aliphatic heterocycles. The fraction of sp³-hybridized carbons (Fsp3) is 0.423. The molecule has 2 saturated carbocycles. The molecule has 2 aromatic carbocycles. The van der Waals surface area contributed by atoms with Crippen LogP contribution in [0.1, 0.15) is 47.7 Å². The van der Waals surface area contributed by atoms with E-state index in [1.54, 1.807) is 32.9 Å². The van der Waals surface area contributed by atoms with Crippen LogP contribution in [0.2, 0.25) is 0 Å². The number of halogens is 2. The first-order chi connectivity index (χ1) is 17.8. The minimum atomic E-state index is -4.48. The van der Waals surface area contributed by atoms with Crippen LogP contribution in [0.5, 0.6) is 5.75 Å². The summed E-state index contributed by atoms with van der Waals surface area (Å²) in [6.45, 7) is 5.07. The summed E-state index contributed by atoms with van der Waals surface area (Å²) in [7, 11) is -4.48. The van der Waals surface area contributed by atoms with Crippen LogP contribution in [-0.4, -0.2) is 43.1 Å². The number of ether oxygens (including phenoxy) is 3. The Kier molecular flexibility index (Phi) is 7.31. The Morgan fingerprint density at radius 2 is 1.87 bits per heavy atom. The fourth-order valence-electron chi connectivity index (χ4n) is 5.96. The van der Waals surface area contributed by atoms with Gasteiger partial charge >= 0.3 is 17.9 Å². The van der Waals surface area contributed by atoms with E-state index in [0.29, 0.717) is 23.1 Å². The topological polar surface area (TPSA) is 133 Å². The Morgan fingerprint density at radius 3 is 2.53 bits per heavy atom. The maximum atomic E-state index is 13.5. The van der Waals surface area contributed by atoms with Gasteiger partial charge in [-0.3, -0.25) is 14.1 Å². The predicted molar refractivity (Wildman–Crippen MR) is 150 cm³/mol. The number of carbonyl (C=O) groups is 3. The Bertz CT molecular complexity index is 1470. The molecule has 2 aromatic rings. The molecule has 6 unspecified atom stereocenters. The molecule has 1 N–H and O–H groups in total. The van der Waals surface area contributed by atoms with Gasteiger partial charge in [-0.25, -0.2) is 4.79 Å². The van der Waals surface area contributed by atoms with E-state index in [9.17, 15) is 27.4 Å². The van der Waals surface area contributed by atoms with Crippen LogP contribution in [-0.2, 0) is 29.2 Å². The van der Waals surface area contributed by atoms with Gasteiger partial charge in [0.2, 0.25) is 0 Å². The van der Waals surface area contributed by atoms with Crippen molar-refractivity contribution in [3.8, 4) is 5.75 Å². The number of esters is 3. The molecule has 6 atom stereocenters. The highest BCUT2D eigenvalue weighted by molar-refractivity contribution is 14.1. The average Bonchev–Trinajstić information content (AvgIpc) is 3.45. The first-order valence-corrected chi connectivity index (χ1v) is 15.6. The Hall–Kier alpha value is -1.78. The summed E-state index contributed by atoms with van der Waals surface area (Å²) in [5.41, 5.74) is 1.03. The molecule has 0 spiro atoms. The fourth-order valence-corrected chi connectivity index (χ4v) is 7.95. The van der Waals surface area contributed by atoms with Gasteiger partial charge in [-0.15, -0.1) is 0 Å². The lowest BCUT2D eigenvalue weighted by molar-refractivity contribution is -0.149. The van der Waals surface area contributed by atoms with Crippen molar-refractivity contribution in [1.29, 1.82) is 0 Å². The van der Waals surface area contributed by atoms with Crippen LogP contribution in [0.15, 0.2) is 35.2 Å². The number of hydrogen-bond donors (Lipinski definition) is 1. The van der Waals surface area contributed by atoms with E-state index in [1.165, 1.54) is 12.1 Å². The van der Waals surface area contributed by atoms with E-state index < -0.39 is 58.0 Å². The van der Waals surface area contributed by atoms with Crippen molar-refractivity contribution in [2.45, 2.75) is 50.2 Å². The highest BCUT2D eigenvalue weighted by atomic mass is 127. The van der Waals surface area contributed by atoms with Gasteiger partial charge in [0.25, 0.3) is 10.1 Å². The number of carbonyl (C=O) groups excluding carboxylic acids is 3. The third-order valence-corrected chi connectivity index (χ3v) is 11.7. The third kappa shape index (κ3) is 4.64. The second-order valence-electron chi connectivity index (χ2n) is 10.2. The van der Waals surface area contributed by atoms with E-state index in [1.807, 2.05) is 6.07 Å². The largest absolute Gasteiger partial charge is 0.458 e. The number of benzene rings is 2. The van der Waals surface area contributed by atoms with Gasteiger partial charge in [0.1, 0.15) is 18.0 Å². The molecule has 1 heterocycles. The van der Waals surface area contributed by atoms with Crippen molar-refractivity contribution in [2.75, 3.05) is 0 Å². The van der Waals surface area contributed by atoms with E-state index >= 15 is 0 Å². The predicted octanol–water partition coefficient (Wildman–Crippen LogP) is 4.51. The number of rotatable bonds is 6. The van der Waals surface area contributed by atoms with Gasteiger partial charge in [-0.1, -0.05) is 19.9 Å². The Labute approximate surface area is 247 Å². The van der Waals surface area contributed by atoms with Gasteiger partial charge in [0.05, 0.1) is 22.3 Å². The smallest absolute Gasteiger partial charge is 0.339 e. The lowest BCUT2D eigenvalue weighted by atomic mass is 9.78. The van der Waals surface area contributed by atoms with Gasteiger partial charge in [0.15, 0.2) is 0 Å². The number of aryl methyl sites for hydroxylation is 1. The van der Waals surface area contributed by atoms with E-state index in [-0.39, 0.29) is 22.5 Å². The zero-order valence-corrected chi connectivity index (χ0v) is 25.6. The average molecular weight is 766 g/mol. The molecule has 0 radical (unpaired) electrons. The molecular formula is C26H24I2O9S.